The predicted molar refractivity (Wildman–Crippen MR) is 129 cm³/mol. The van der Waals surface area contributed by atoms with Crippen LogP contribution in [-0.2, 0) is 4.74 Å². The monoisotopic (exact) mass is 491 g/mol. The van der Waals surface area contributed by atoms with Crippen LogP contribution in [-0.4, -0.2) is 47.2 Å². The lowest BCUT2D eigenvalue weighted by atomic mass is 10.1. The molecule has 2 N–H and O–H groups in total. The van der Waals surface area contributed by atoms with Gasteiger partial charge in [-0.05, 0) is 42.9 Å². The highest BCUT2D eigenvalue weighted by atomic mass is 35.5. The number of ether oxygens (including phenoxy) is 1. The molecule has 3 aromatic rings. The minimum absolute atomic E-state index is 0.0382. The summed E-state index contributed by atoms with van der Waals surface area (Å²) in [5.41, 5.74) is 2.23. The first kappa shape index (κ1) is 22.3. The zero-order chi connectivity index (χ0) is 22.8. The molecule has 0 aliphatic carbocycles. The van der Waals surface area contributed by atoms with Crippen LogP contribution < -0.4 is 15.5 Å². The summed E-state index contributed by atoms with van der Waals surface area (Å²) in [4.78, 5) is 30.1. The molecule has 4 rings (SSSR count). The van der Waals surface area contributed by atoms with Crippen molar-refractivity contribution in [3.8, 4) is 0 Å². The maximum absolute atomic E-state index is 13.0. The maximum Gasteiger partial charge on any atom is 0.270 e. The third-order valence-electron chi connectivity index (χ3n) is 4.90. The van der Waals surface area contributed by atoms with Crippen LogP contribution in [0, 0.1) is 17.0 Å². The summed E-state index contributed by atoms with van der Waals surface area (Å²) in [6, 6.07) is 7.92. The second kappa shape index (κ2) is 9.33. The van der Waals surface area contributed by atoms with Crippen molar-refractivity contribution in [2.45, 2.75) is 6.92 Å². The molecule has 1 aromatic heterocycles. The maximum atomic E-state index is 13.0. The van der Waals surface area contributed by atoms with Crippen LogP contribution in [0.4, 0.5) is 16.5 Å². The standard InChI is InChI=1S/C20H18ClN5O4S2/c1-11-8-17-15(10-14(11)21)22-20(32-17)24-19(31)23-18(27)13-9-12(26(28)29)2-3-16(13)25-4-6-30-7-5-25/h2-3,8-10H,4-7H2,1H3,(H2,22,23,24,27,31). The summed E-state index contributed by atoms with van der Waals surface area (Å²) in [6.45, 7) is 4.09. The van der Waals surface area contributed by atoms with Crippen LogP contribution in [0.2, 0.25) is 5.02 Å². The van der Waals surface area contributed by atoms with E-state index < -0.39 is 10.8 Å². The SMILES string of the molecule is Cc1cc2sc(NC(=S)NC(=O)c3cc([N+](=O)[O-])ccc3N3CCOCC3)nc2cc1Cl. The van der Waals surface area contributed by atoms with Gasteiger partial charge in [-0.25, -0.2) is 4.98 Å². The molecular weight excluding hydrogens is 474 g/mol. The highest BCUT2D eigenvalue weighted by Crippen LogP contribution is 2.30. The van der Waals surface area contributed by atoms with E-state index in [1.165, 1.54) is 23.5 Å². The number of aryl methyl sites for hydroxylation is 1. The molecule has 0 saturated carbocycles. The molecule has 1 amide bonds. The Kier molecular flexibility index (Phi) is 6.51. The molecule has 12 heteroatoms. The Morgan fingerprint density at radius 3 is 2.78 bits per heavy atom. The minimum atomic E-state index is -0.548. The molecule has 0 unspecified atom stereocenters. The van der Waals surface area contributed by atoms with Crippen LogP contribution in [0.15, 0.2) is 30.3 Å². The van der Waals surface area contributed by atoms with Gasteiger partial charge in [0.15, 0.2) is 10.2 Å². The highest BCUT2D eigenvalue weighted by molar-refractivity contribution is 7.80. The van der Waals surface area contributed by atoms with Gasteiger partial charge in [0.25, 0.3) is 11.6 Å². The van der Waals surface area contributed by atoms with Crippen LogP contribution in [0.1, 0.15) is 15.9 Å². The number of morpholine rings is 1. The van der Waals surface area contributed by atoms with Crippen LogP contribution in [0.25, 0.3) is 10.2 Å². The lowest BCUT2D eigenvalue weighted by Crippen LogP contribution is -2.39. The molecule has 32 heavy (non-hydrogen) atoms. The number of aromatic nitrogens is 1. The first-order valence-corrected chi connectivity index (χ1v) is 11.2. The predicted octanol–water partition coefficient (Wildman–Crippen LogP) is 4.13. The first-order valence-electron chi connectivity index (χ1n) is 9.62. The number of carbonyl (C=O) groups is 1. The molecule has 1 fully saturated rings. The number of nitro groups is 1. The Morgan fingerprint density at radius 1 is 1.31 bits per heavy atom. The normalized spacial score (nSPS) is 13.8. The van der Waals surface area contributed by atoms with Gasteiger partial charge >= 0.3 is 0 Å². The van der Waals surface area contributed by atoms with Gasteiger partial charge in [-0.2, -0.15) is 0 Å². The number of benzene rings is 2. The summed E-state index contributed by atoms with van der Waals surface area (Å²) in [5, 5.41) is 17.9. The number of nitro benzene ring substituents is 1. The quantitative estimate of drug-likeness (QED) is 0.318. The highest BCUT2D eigenvalue weighted by Gasteiger charge is 2.23. The molecule has 1 saturated heterocycles. The largest absolute Gasteiger partial charge is 0.378 e. The number of hydrogen-bond donors (Lipinski definition) is 2. The number of amides is 1. The van der Waals surface area contributed by atoms with Gasteiger partial charge in [-0.1, -0.05) is 22.9 Å². The van der Waals surface area contributed by atoms with Crippen molar-refractivity contribution >= 4 is 72.9 Å². The smallest absolute Gasteiger partial charge is 0.270 e. The fraction of sp³-hybridized carbons (Fsp3) is 0.250. The van der Waals surface area contributed by atoms with Gasteiger partial charge in [0.05, 0.1) is 39.6 Å². The van der Waals surface area contributed by atoms with Crippen molar-refractivity contribution in [1.29, 1.82) is 0 Å². The number of nitrogens with zero attached hydrogens (tertiary/aromatic N) is 3. The zero-order valence-corrected chi connectivity index (χ0v) is 19.3. The van der Waals surface area contributed by atoms with E-state index in [-0.39, 0.29) is 16.4 Å². The Balaban J connectivity index is 1.54. The Hall–Kier alpha value is -2.86. The number of rotatable bonds is 4. The van der Waals surface area contributed by atoms with E-state index in [0.29, 0.717) is 42.1 Å². The third-order valence-corrected chi connectivity index (χ3v) is 6.45. The van der Waals surface area contributed by atoms with E-state index in [1.807, 2.05) is 17.9 Å². The zero-order valence-electron chi connectivity index (χ0n) is 16.9. The Bertz CT molecular complexity index is 1190. The van der Waals surface area contributed by atoms with E-state index in [2.05, 4.69) is 15.6 Å². The fourth-order valence-corrected chi connectivity index (χ4v) is 4.66. The molecule has 9 nitrogen and oxygen atoms in total. The van der Waals surface area contributed by atoms with Crippen molar-refractivity contribution in [2.24, 2.45) is 0 Å². The summed E-state index contributed by atoms with van der Waals surface area (Å²) >= 11 is 12.8. The van der Waals surface area contributed by atoms with Gasteiger partial charge in [0.1, 0.15) is 0 Å². The number of halogens is 1. The summed E-state index contributed by atoms with van der Waals surface area (Å²) in [5.74, 6) is -0.548. The summed E-state index contributed by atoms with van der Waals surface area (Å²) in [6.07, 6.45) is 0. The number of nitrogens with one attached hydrogen (secondary N) is 2. The number of thiocarbonyl (C=S) groups is 1. The molecule has 0 bridgehead atoms. The average Bonchev–Trinajstić information content (AvgIpc) is 3.14. The van der Waals surface area contributed by atoms with E-state index in [1.54, 1.807) is 12.1 Å². The molecule has 0 spiro atoms. The lowest BCUT2D eigenvalue weighted by molar-refractivity contribution is -0.384. The number of non-ortho nitro benzene ring substituents is 1. The topological polar surface area (TPSA) is 110 Å². The number of carbonyl (C=O) groups excluding carboxylic acids is 1. The third kappa shape index (κ3) is 4.80. The molecular formula is C20H18ClN5O4S2. The van der Waals surface area contributed by atoms with E-state index >= 15 is 0 Å². The van der Waals surface area contributed by atoms with Gasteiger partial charge in [-0.3, -0.25) is 20.2 Å². The van der Waals surface area contributed by atoms with Gasteiger partial charge in [0.2, 0.25) is 0 Å². The summed E-state index contributed by atoms with van der Waals surface area (Å²) < 4.78 is 6.29. The second-order valence-corrected chi connectivity index (χ2v) is 8.90. The van der Waals surface area contributed by atoms with Crippen LogP contribution in [0.3, 0.4) is 0 Å². The number of hydrogen-bond acceptors (Lipinski definition) is 8. The van der Waals surface area contributed by atoms with E-state index in [0.717, 1.165) is 15.8 Å². The number of anilines is 2. The van der Waals surface area contributed by atoms with Crippen LogP contribution in [0.5, 0.6) is 0 Å². The number of thiazole rings is 1. The van der Waals surface area contributed by atoms with Crippen LogP contribution >= 0.6 is 35.2 Å². The second-order valence-electron chi connectivity index (χ2n) is 7.05. The minimum Gasteiger partial charge on any atom is -0.378 e. The fourth-order valence-electron chi connectivity index (χ4n) is 3.30. The first-order chi connectivity index (χ1) is 15.3. The molecule has 166 valence electrons. The number of fused-ring (bicyclic) bond motifs is 1. The van der Waals surface area contributed by atoms with E-state index in [9.17, 15) is 14.9 Å². The van der Waals surface area contributed by atoms with Gasteiger partial charge in [0, 0.05) is 30.2 Å². The Labute approximate surface area is 197 Å². The Morgan fingerprint density at radius 2 is 2.06 bits per heavy atom. The van der Waals surface area contributed by atoms with Gasteiger partial charge in [-0.15, -0.1) is 0 Å². The van der Waals surface area contributed by atoms with Crippen molar-refractivity contribution in [1.82, 2.24) is 10.3 Å². The van der Waals surface area contributed by atoms with Crippen molar-refractivity contribution in [3.05, 3.63) is 56.6 Å². The molecule has 2 aromatic carbocycles. The molecule has 1 aliphatic heterocycles. The summed E-state index contributed by atoms with van der Waals surface area (Å²) in [7, 11) is 0. The van der Waals surface area contributed by atoms with Crippen molar-refractivity contribution in [2.75, 3.05) is 36.5 Å². The molecule has 0 radical (unpaired) electrons. The average molecular weight is 492 g/mol. The lowest BCUT2D eigenvalue weighted by Gasteiger charge is -2.30. The molecule has 2 heterocycles. The molecule has 1 aliphatic rings. The van der Waals surface area contributed by atoms with E-state index in [4.69, 9.17) is 28.6 Å². The van der Waals surface area contributed by atoms with Gasteiger partial charge < -0.3 is 15.0 Å². The molecule has 0 atom stereocenters. The van der Waals surface area contributed by atoms with Crippen molar-refractivity contribution < 1.29 is 14.5 Å². The van der Waals surface area contributed by atoms with Crippen molar-refractivity contribution in [3.63, 3.8) is 0 Å².